The second kappa shape index (κ2) is 13.4. The quantitative estimate of drug-likeness (QED) is 0.297. The van der Waals surface area contributed by atoms with Crippen molar-refractivity contribution in [2.75, 3.05) is 6.61 Å². The third-order valence-electron chi connectivity index (χ3n) is 3.00. The van der Waals surface area contributed by atoms with E-state index in [0.717, 1.165) is 19.3 Å². The fourth-order valence-corrected chi connectivity index (χ4v) is 1.91. The molecule has 110 valence electrons. The maximum Gasteiger partial charge on any atom is 0.302 e. The summed E-state index contributed by atoms with van der Waals surface area (Å²) in [6.07, 6.45) is 17.1. The van der Waals surface area contributed by atoms with E-state index >= 15 is 0 Å². The van der Waals surface area contributed by atoms with Crippen molar-refractivity contribution in [3.8, 4) is 0 Å². The largest absolute Gasteiger partial charge is 0.466 e. The molecule has 0 heterocycles. The summed E-state index contributed by atoms with van der Waals surface area (Å²) in [7, 11) is 0. The van der Waals surface area contributed by atoms with E-state index in [1.165, 1.54) is 32.6 Å². The van der Waals surface area contributed by atoms with Crippen LogP contribution >= 0.6 is 0 Å². The number of esters is 1. The highest BCUT2D eigenvalue weighted by Gasteiger charge is 1.93. The van der Waals surface area contributed by atoms with Crippen LogP contribution in [0.5, 0.6) is 0 Å². The Morgan fingerprint density at radius 1 is 1.16 bits per heavy atom. The monoisotopic (exact) mass is 266 g/mol. The summed E-state index contributed by atoms with van der Waals surface area (Å²) in [6, 6.07) is 0. The maximum absolute atomic E-state index is 10.5. The zero-order valence-corrected chi connectivity index (χ0v) is 12.9. The predicted molar refractivity (Wildman–Crippen MR) is 82.1 cm³/mol. The van der Waals surface area contributed by atoms with Crippen LogP contribution < -0.4 is 0 Å². The van der Waals surface area contributed by atoms with Crippen LogP contribution in [0.1, 0.15) is 65.7 Å². The molecule has 0 aliphatic carbocycles. The third kappa shape index (κ3) is 14.9. The smallest absolute Gasteiger partial charge is 0.302 e. The Hall–Kier alpha value is -1.05. The first kappa shape index (κ1) is 17.9. The van der Waals surface area contributed by atoms with Gasteiger partial charge in [-0.1, -0.05) is 57.4 Å². The molecule has 0 spiro atoms. The van der Waals surface area contributed by atoms with Crippen molar-refractivity contribution in [3.05, 3.63) is 24.3 Å². The van der Waals surface area contributed by atoms with Crippen molar-refractivity contribution >= 4 is 5.97 Å². The molecule has 0 bridgehead atoms. The van der Waals surface area contributed by atoms with E-state index < -0.39 is 0 Å². The molecule has 0 amide bonds. The number of rotatable bonds is 11. The second-order valence-corrected chi connectivity index (χ2v) is 5.12. The number of hydrogen-bond acceptors (Lipinski definition) is 2. The summed E-state index contributed by atoms with van der Waals surface area (Å²) >= 11 is 0. The van der Waals surface area contributed by atoms with Gasteiger partial charge >= 0.3 is 5.97 Å². The molecule has 0 aromatic heterocycles. The Morgan fingerprint density at radius 3 is 2.58 bits per heavy atom. The number of hydrogen-bond donors (Lipinski definition) is 0. The Morgan fingerprint density at radius 2 is 1.89 bits per heavy atom. The van der Waals surface area contributed by atoms with E-state index in [1.807, 2.05) is 0 Å². The van der Waals surface area contributed by atoms with Crippen LogP contribution in [-0.4, -0.2) is 12.6 Å². The van der Waals surface area contributed by atoms with Crippen molar-refractivity contribution in [1.29, 1.82) is 0 Å². The standard InChI is InChI=1S/C17H30O2/c1-4-13-16(2)14-11-9-7-5-6-8-10-12-15-19-17(3)18/h7,9,11,14,16H,4-6,8,10,12-13,15H2,1-3H3. The summed E-state index contributed by atoms with van der Waals surface area (Å²) in [6.45, 7) is 6.52. The Balaban J connectivity index is 3.32. The van der Waals surface area contributed by atoms with Gasteiger partial charge in [-0.3, -0.25) is 4.79 Å². The molecule has 19 heavy (non-hydrogen) atoms. The average molecular weight is 266 g/mol. The van der Waals surface area contributed by atoms with E-state index in [1.54, 1.807) is 0 Å². The fraction of sp³-hybridized carbons (Fsp3) is 0.706. The average Bonchev–Trinajstić information content (AvgIpc) is 2.36. The van der Waals surface area contributed by atoms with Crippen LogP contribution in [0.2, 0.25) is 0 Å². The minimum atomic E-state index is -0.174. The SMILES string of the molecule is CCCC(C)C=CC=CCCCCCCOC(C)=O. The molecule has 0 radical (unpaired) electrons. The fourth-order valence-electron chi connectivity index (χ4n) is 1.91. The predicted octanol–water partition coefficient (Wildman–Crippen LogP) is 5.05. The molecule has 0 aromatic carbocycles. The van der Waals surface area contributed by atoms with Gasteiger partial charge in [-0.15, -0.1) is 0 Å². The second-order valence-electron chi connectivity index (χ2n) is 5.12. The van der Waals surface area contributed by atoms with Crippen LogP contribution in [0.25, 0.3) is 0 Å². The molecule has 2 heteroatoms. The summed E-state index contributed by atoms with van der Waals surface area (Å²) in [5, 5.41) is 0. The van der Waals surface area contributed by atoms with Crippen molar-refractivity contribution in [3.63, 3.8) is 0 Å². The molecule has 0 saturated heterocycles. The van der Waals surface area contributed by atoms with Gasteiger partial charge in [-0.2, -0.15) is 0 Å². The van der Waals surface area contributed by atoms with Crippen LogP contribution in [0.15, 0.2) is 24.3 Å². The summed E-state index contributed by atoms with van der Waals surface area (Å²) < 4.78 is 4.88. The van der Waals surface area contributed by atoms with Gasteiger partial charge in [-0.05, 0) is 31.6 Å². The lowest BCUT2D eigenvalue weighted by Gasteiger charge is -2.01. The summed E-state index contributed by atoms with van der Waals surface area (Å²) in [5.41, 5.74) is 0. The number of unbranched alkanes of at least 4 members (excludes halogenated alkanes) is 4. The molecule has 1 unspecified atom stereocenters. The van der Waals surface area contributed by atoms with E-state index in [-0.39, 0.29) is 5.97 Å². The lowest BCUT2D eigenvalue weighted by molar-refractivity contribution is -0.141. The van der Waals surface area contributed by atoms with Gasteiger partial charge in [0.15, 0.2) is 0 Å². The number of allylic oxidation sites excluding steroid dienone is 4. The van der Waals surface area contributed by atoms with Gasteiger partial charge in [0, 0.05) is 6.92 Å². The van der Waals surface area contributed by atoms with Crippen LogP contribution in [0.3, 0.4) is 0 Å². The maximum atomic E-state index is 10.5. The number of ether oxygens (including phenoxy) is 1. The molecule has 0 aromatic rings. The highest BCUT2D eigenvalue weighted by Crippen LogP contribution is 2.07. The van der Waals surface area contributed by atoms with Crippen LogP contribution in [-0.2, 0) is 9.53 Å². The Labute approximate surface area is 118 Å². The minimum absolute atomic E-state index is 0.174. The van der Waals surface area contributed by atoms with Gasteiger partial charge in [0.05, 0.1) is 6.61 Å². The summed E-state index contributed by atoms with van der Waals surface area (Å²) in [4.78, 5) is 10.5. The number of carbonyl (C=O) groups excluding carboxylic acids is 1. The first-order valence-electron chi connectivity index (χ1n) is 7.63. The molecular formula is C17H30O2. The molecule has 0 saturated carbocycles. The molecule has 0 fully saturated rings. The third-order valence-corrected chi connectivity index (χ3v) is 3.00. The zero-order chi connectivity index (χ0) is 14.3. The molecule has 0 aliphatic rings. The Kier molecular flexibility index (Phi) is 12.6. The van der Waals surface area contributed by atoms with Gasteiger partial charge < -0.3 is 4.74 Å². The van der Waals surface area contributed by atoms with Crippen LogP contribution in [0.4, 0.5) is 0 Å². The normalized spacial score (nSPS) is 13.2. The lowest BCUT2D eigenvalue weighted by atomic mass is 10.1. The molecule has 0 N–H and O–H groups in total. The minimum Gasteiger partial charge on any atom is -0.466 e. The van der Waals surface area contributed by atoms with E-state index in [4.69, 9.17) is 4.74 Å². The van der Waals surface area contributed by atoms with Crippen molar-refractivity contribution in [1.82, 2.24) is 0 Å². The van der Waals surface area contributed by atoms with E-state index in [0.29, 0.717) is 12.5 Å². The van der Waals surface area contributed by atoms with Gasteiger partial charge in [0.1, 0.15) is 0 Å². The highest BCUT2D eigenvalue weighted by molar-refractivity contribution is 5.65. The Bertz CT molecular complexity index is 266. The summed E-state index contributed by atoms with van der Waals surface area (Å²) in [5.74, 6) is 0.517. The van der Waals surface area contributed by atoms with Gasteiger partial charge in [0.25, 0.3) is 0 Å². The van der Waals surface area contributed by atoms with E-state index in [9.17, 15) is 4.79 Å². The van der Waals surface area contributed by atoms with E-state index in [2.05, 4.69) is 38.2 Å². The molecule has 2 nitrogen and oxygen atoms in total. The molecule has 1 atom stereocenters. The lowest BCUT2D eigenvalue weighted by Crippen LogP contribution is -1.99. The highest BCUT2D eigenvalue weighted by atomic mass is 16.5. The van der Waals surface area contributed by atoms with Crippen molar-refractivity contribution < 1.29 is 9.53 Å². The molecule has 0 rings (SSSR count). The van der Waals surface area contributed by atoms with Crippen LogP contribution in [0, 0.1) is 5.92 Å². The first-order valence-corrected chi connectivity index (χ1v) is 7.63. The van der Waals surface area contributed by atoms with Gasteiger partial charge in [-0.25, -0.2) is 0 Å². The van der Waals surface area contributed by atoms with Crippen molar-refractivity contribution in [2.24, 2.45) is 5.92 Å². The topological polar surface area (TPSA) is 26.3 Å². The number of carbonyl (C=O) groups is 1. The zero-order valence-electron chi connectivity index (χ0n) is 12.9. The van der Waals surface area contributed by atoms with Crippen molar-refractivity contribution in [2.45, 2.75) is 65.7 Å². The molecular weight excluding hydrogens is 236 g/mol. The molecule has 0 aliphatic heterocycles. The first-order chi connectivity index (χ1) is 9.16. The van der Waals surface area contributed by atoms with Gasteiger partial charge in [0.2, 0.25) is 0 Å².